The molecule has 0 fully saturated rings. The average molecular weight is 304 g/mol. The number of nitrogens with zero attached hydrogens (tertiary/aromatic N) is 3. The molecular formula is C15H20N4OS. The third kappa shape index (κ3) is 4.32. The quantitative estimate of drug-likeness (QED) is 0.882. The van der Waals surface area contributed by atoms with Gasteiger partial charge in [-0.2, -0.15) is 0 Å². The van der Waals surface area contributed by atoms with Crippen LogP contribution in [0.15, 0.2) is 35.7 Å². The van der Waals surface area contributed by atoms with Crippen molar-refractivity contribution >= 4 is 17.7 Å². The summed E-state index contributed by atoms with van der Waals surface area (Å²) in [4.78, 5) is 11.9. The standard InChI is InChI=1S/C15H20N4OS/c1-11-7-5-6-8-12(11)19-10-16-18-14(19)21-9-13(20)17-15(2,3)4/h5-8,10H,9H2,1-4H3,(H,17,20). The molecule has 5 nitrogen and oxygen atoms in total. The first-order valence-electron chi connectivity index (χ1n) is 6.77. The van der Waals surface area contributed by atoms with Crippen LogP contribution in [0.25, 0.3) is 5.69 Å². The Labute approximate surface area is 129 Å². The molecule has 0 atom stereocenters. The molecule has 0 spiro atoms. The fraction of sp³-hybridized carbons (Fsp3) is 0.400. The molecule has 0 aliphatic heterocycles. The van der Waals surface area contributed by atoms with Crippen LogP contribution in [-0.2, 0) is 4.79 Å². The van der Waals surface area contributed by atoms with E-state index in [9.17, 15) is 4.79 Å². The molecule has 1 N–H and O–H groups in total. The number of carbonyl (C=O) groups is 1. The van der Waals surface area contributed by atoms with Crippen molar-refractivity contribution in [2.24, 2.45) is 0 Å². The fourth-order valence-corrected chi connectivity index (χ4v) is 2.63. The van der Waals surface area contributed by atoms with E-state index < -0.39 is 0 Å². The molecule has 1 amide bonds. The Morgan fingerprint density at radius 2 is 2.05 bits per heavy atom. The first kappa shape index (κ1) is 15.6. The minimum Gasteiger partial charge on any atom is -0.351 e. The molecule has 21 heavy (non-hydrogen) atoms. The van der Waals surface area contributed by atoms with E-state index >= 15 is 0 Å². The molecule has 1 aromatic carbocycles. The molecule has 0 aliphatic rings. The van der Waals surface area contributed by atoms with Crippen molar-refractivity contribution in [2.75, 3.05) is 5.75 Å². The van der Waals surface area contributed by atoms with Crippen LogP contribution in [0.3, 0.4) is 0 Å². The molecule has 1 aromatic heterocycles. The van der Waals surface area contributed by atoms with Crippen molar-refractivity contribution in [3.05, 3.63) is 36.2 Å². The maximum absolute atomic E-state index is 11.9. The fourth-order valence-electron chi connectivity index (χ4n) is 1.91. The Morgan fingerprint density at radius 1 is 1.33 bits per heavy atom. The van der Waals surface area contributed by atoms with Gasteiger partial charge in [-0.15, -0.1) is 10.2 Å². The maximum Gasteiger partial charge on any atom is 0.230 e. The summed E-state index contributed by atoms with van der Waals surface area (Å²) in [5.41, 5.74) is 1.95. The van der Waals surface area contributed by atoms with Gasteiger partial charge in [0.2, 0.25) is 5.91 Å². The molecule has 2 aromatic rings. The second kappa shape index (κ2) is 6.30. The number of carbonyl (C=O) groups excluding carboxylic acids is 1. The van der Waals surface area contributed by atoms with Crippen molar-refractivity contribution < 1.29 is 4.79 Å². The van der Waals surface area contributed by atoms with Gasteiger partial charge >= 0.3 is 0 Å². The molecule has 0 unspecified atom stereocenters. The SMILES string of the molecule is Cc1ccccc1-n1cnnc1SCC(=O)NC(C)(C)C. The van der Waals surface area contributed by atoms with E-state index in [2.05, 4.69) is 15.5 Å². The smallest absolute Gasteiger partial charge is 0.230 e. The highest BCUT2D eigenvalue weighted by Crippen LogP contribution is 2.21. The summed E-state index contributed by atoms with van der Waals surface area (Å²) in [6.07, 6.45) is 1.67. The average Bonchev–Trinajstić information content (AvgIpc) is 2.83. The lowest BCUT2D eigenvalue weighted by Gasteiger charge is -2.20. The molecule has 0 saturated carbocycles. The van der Waals surface area contributed by atoms with Gasteiger partial charge in [-0.1, -0.05) is 30.0 Å². The third-order valence-electron chi connectivity index (χ3n) is 2.74. The normalized spacial score (nSPS) is 11.4. The van der Waals surface area contributed by atoms with Gasteiger partial charge in [0.15, 0.2) is 5.16 Å². The van der Waals surface area contributed by atoms with E-state index in [4.69, 9.17) is 0 Å². The minimum absolute atomic E-state index is 0.00756. The lowest BCUT2D eigenvalue weighted by atomic mass is 10.1. The number of aryl methyl sites for hydroxylation is 1. The topological polar surface area (TPSA) is 59.8 Å². The number of amides is 1. The van der Waals surface area contributed by atoms with Crippen LogP contribution in [-0.4, -0.2) is 32.0 Å². The molecule has 0 bridgehead atoms. The van der Waals surface area contributed by atoms with E-state index in [1.807, 2.05) is 56.5 Å². The number of hydrogen-bond acceptors (Lipinski definition) is 4. The summed E-state index contributed by atoms with van der Waals surface area (Å²) in [5.74, 6) is 0.314. The molecular weight excluding hydrogens is 284 g/mol. The van der Waals surface area contributed by atoms with Crippen molar-refractivity contribution in [2.45, 2.75) is 38.4 Å². The lowest BCUT2D eigenvalue weighted by molar-refractivity contribution is -0.119. The number of benzene rings is 1. The summed E-state index contributed by atoms with van der Waals surface area (Å²) >= 11 is 1.38. The zero-order chi connectivity index (χ0) is 15.5. The molecule has 6 heteroatoms. The number of thioether (sulfide) groups is 1. The van der Waals surface area contributed by atoms with E-state index in [0.29, 0.717) is 10.9 Å². The monoisotopic (exact) mass is 304 g/mol. The van der Waals surface area contributed by atoms with E-state index in [1.165, 1.54) is 11.8 Å². The second-order valence-corrected chi connectivity index (χ2v) is 6.80. The van der Waals surface area contributed by atoms with Crippen LogP contribution < -0.4 is 5.32 Å². The third-order valence-corrected chi connectivity index (χ3v) is 3.68. The van der Waals surface area contributed by atoms with Gasteiger partial charge in [-0.3, -0.25) is 9.36 Å². The number of nitrogens with one attached hydrogen (secondary N) is 1. The molecule has 0 radical (unpaired) electrons. The highest BCUT2D eigenvalue weighted by atomic mass is 32.2. The molecule has 0 aliphatic carbocycles. The molecule has 1 heterocycles. The van der Waals surface area contributed by atoms with Crippen molar-refractivity contribution in [3.63, 3.8) is 0 Å². The predicted molar refractivity (Wildman–Crippen MR) is 84.7 cm³/mol. The minimum atomic E-state index is -0.221. The Bertz CT molecular complexity index is 631. The summed E-state index contributed by atoms with van der Waals surface area (Å²) in [6.45, 7) is 7.93. The van der Waals surface area contributed by atoms with Gasteiger partial charge in [0.1, 0.15) is 6.33 Å². The Balaban J connectivity index is 2.08. The number of hydrogen-bond donors (Lipinski definition) is 1. The second-order valence-electron chi connectivity index (χ2n) is 5.86. The largest absolute Gasteiger partial charge is 0.351 e. The van der Waals surface area contributed by atoms with Crippen molar-refractivity contribution in [1.82, 2.24) is 20.1 Å². The molecule has 0 saturated heterocycles. The van der Waals surface area contributed by atoms with Crippen LogP contribution in [0.4, 0.5) is 0 Å². The van der Waals surface area contributed by atoms with Crippen LogP contribution >= 0.6 is 11.8 Å². The first-order valence-corrected chi connectivity index (χ1v) is 7.75. The Kier molecular flexibility index (Phi) is 4.67. The van der Waals surface area contributed by atoms with Gasteiger partial charge in [0.25, 0.3) is 0 Å². The summed E-state index contributed by atoms with van der Waals surface area (Å²) in [6, 6.07) is 8.02. The van der Waals surface area contributed by atoms with Gasteiger partial charge in [-0.05, 0) is 39.3 Å². The summed E-state index contributed by atoms with van der Waals surface area (Å²) in [5, 5.41) is 11.7. The Morgan fingerprint density at radius 3 is 2.71 bits per heavy atom. The van der Waals surface area contributed by atoms with Crippen LogP contribution in [0, 0.1) is 6.92 Å². The summed E-state index contributed by atoms with van der Waals surface area (Å²) in [7, 11) is 0. The highest BCUT2D eigenvalue weighted by Gasteiger charge is 2.15. The van der Waals surface area contributed by atoms with Gasteiger partial charge in [-0.25, -0.2) is 0 Å². The van der Waals surface area contributed by atoms with Crippen molar-refractivity contribution in [1.29, 1.82) is 0 Å². The van der Waals surface area contributed by atoms with E-state index in [-0.39, 0.29) is 11.4 Å². The van der Waals surface area contributed by atoms with Gasteiger partial charge in [0, 0.05) is 5.54 Å². The van der Waals surface area contributed by atoms with E-state index in [1.54, 1.807) is 6.33 Å². The zero-order valence-corrected chi connectivity index (χ0v) is 13.6. The zero-order valence-electron chi connectivity index (χ0n) is 12.8. The maximum atomic E-state index is 11.9. The number of aromatic nitrogens is 3. The molecule has 2 rings (SSSR count). The van der Waals surface area contributed by atoms with Crippen LogP contribution in [0.2, 0.25) is 0 Å². The molecule has 112 valence electrons. The predicted octanol–water partition coefficient (Wildman–Crippen LogP) is 2.58. The first-order chi connectivity index (χ1) is 9.87. The van der Waals surface area contributed by atoms with Crippen LogP contribution in [0.5, 0.6) is 0 Å². The number of para-hydroxylation sites is 1. The van der Waals surface area contributed by atoms with Crippen LogP contribution in [0.1, 0.15) is 26.3 Å². The van der Waals surface area contributed by atoms with Gasteiger partial charge in [0.05, 0.1) is 11.4 Å². The number of rotatable bonds is 4. The van der Waals surface area contributed by atoms with Crippen molar-refractivity contribution in [3.8, 4) is 5.69 Å². The summed E-state index contributed by atoms with van der Waals surface area (Å²) < 4.78 is 1.91. The van der Waals surface area contributed by atoms with Gasteiger partial charge < -0.3 is 5.32 Å². The van der Waals surface area contributed by atoms with E-state index in [0.717, 1.165) is 11.3 Å². The lowest BCUT2D eigenvalue weighted by Crippen LogP contribution is -2.41. The Hall–Kier alpha value is -1.82. The highest BCUT2D eigenvalue weighted by molar-refractivity contribution is 7.99.